The van der Waals surface area contributed by atoms with E-state index in [0.29, 0.717) is 22.2 Å². The maximum absolute atomic E-state index is 12.5. The molecule has 0 saturated carbocycles. The van der Waals surface area contributed by atoms with E-state index < -0.39 is 10.0 Å². The molecule has 0 fully saturated rings. The van der Waals surface area contributed by atoms with Gasteiger partial charge in [-0.3, -0.25) is 4.31 Å². The summed E-state index contributed by atoms with van der Waals surface area (Å²) in [4.78, 5) is 4.04. The van der Waals surface area contributed by atoms with Crippen LogP contribution in [-0.2, 0) is 17.1 Å². The van der Waals surface area contributed by atoms with Crippen LogP contribution in [0, 0.1) is 6.92 Å². The van der Waals surface area contributed by atoms with E-state index >= 15 is 0 Å². The summed E-state index contributed by atoms with van der Waals surface area (Å²) < 4.78 is 27.7. The maximum atomic E-state index is 12.5. The molecule has 0 bridgehead atoms. The van der Waals surface area contributed by atoms with Crippen LogP contribution in [0.2, 0.25) is 5.02 Å². The van der Waals surface area contributed by atoms with Crippen molar-refractivity contribution in [3.05, 3.63) is 35.2 Å². The molecule has 6 nitrogen and oxygen atoms in total. The van der Waals surface area contributed by atoms with Gasteiger partial charge >= 0.3 is 0 Å². The third-order valence-corrected chi connectivity index (χ3v) is 4.92. The third-order valence-electron chi connectivity index (χ3n) is 3.04. The van der Waals surface area contributed by atoms with Crippen molar-refractivity contribution in [2.75, 3.05) is 17.1 Å². The molecule has 0 amide bonds. The van der Waals surface area contributed by atoms with E-state index in [1.807, 2.05) is 0 Å². The SMILES string of the molecule is Cc1nc(S(=O)(=O)N(C)c2cc(Cl)ccc2N)cn1C. The standard InChI is InChI=1S/C12H15ClN4O2S/c1-8-15-12(7-16(8)2)20(18,19)17(3)11-6-9(13)4-5-10(11)14/h4-7H,14H2,1-3H3. The second kappa shape index (κ2) is 4.99. The minimum atomic E-state index is -3.77. The molecule has 0 atom stereocenters. The summed E-state index contributed by atoms with van der Waals surface area (Å²) in [5.74, 6) is 0.607. The van der Waals surface area contributed by atoms with Crippen LogP contribution in [0.1, 0.15) is 5.82 Å². The van der Waals surface area contributed by atoms with E-state index in [4.69, 9.17) is 17.3 Å². The number of nitrogens with zero attached hydrogens (tertiary/aromatic N) is 3. The topological polar surface area (TPSA) is 81.2 Å². The summed E-state index contributed by atoms with van der Waals surface area (Å²) in [5.41, 5.74) is 6.46. The van der Waals surface area contributed by atoms with Gasteiger partial charge in [0.2, 0.25) is 0 Å². The minimum Gasteiger partial charge on any atom is -0.397 e. The molecule has 0 aliphatic heterocycles. The second-order valence-corrected chi connectivity index (χ2v) is 6.77. The molecule has 2 N–H and O–H groups in total. The lowest BCUT2D eigenvalue weighted by Gasteiger charge is -2.19. The van der Waals surface area contributed by atoms with Gasteiger partial charge in [0.1, 0.15) is 5.82 Å². The monoisotopic (exact) mass is 314 g/mol. The Kier molecular flexibility index (Phi) is 3.66. The molecule has 0 aliphatic rings. The minimum absolute atomic E-state index is 0.0284. The van der Waals surface area contributed by atoms with Crippen molar-refractivity contribution < 1.29 is 8.42 Å². The number of rotatable bonds is 3. The molecule has 1 aromatic carbocycles. The summed E-state index contributed by atoms with van der Waals surface area (Å²) >= 11 is 5.89. The molecule has 0 aliphatic carbocycles. The van der Waals surface area contributed by atoms with E-state index in [0.717, 1.165) is 4.31 Å². The van der Waals surface area contributed by atoms with Gasteiger partial charge in [-0.2, -0.15) is 8.42 Å². The van der Waals surface area contributed by atoms with Crippen LogP contribution in [0.3, 0.4) is 0 Å². The highest BCUT2D eigenvalue weighted by molar-refractivity contribution is 7.92. The first kappa shape index (κ1) is 14.7. The summed E-state index contributed by atoms with van der Waals surface area (Å²) in [6.07, 6.45) is 1.46. The van der Waals surface area contributed by atoms with Gasteiger partial charge in [0.05, 0.1) is 11.4 Å². The van der Waals surface area contributed by atoms with E-state index in [1.54, 1.807) is 30.7 Å². The Hall–Kier alpha value is -1.73. The van der Waals surface area contributed by atoms with E-state index in [-0.39, 0.29) is 5.03 Å². The molecular formula is C12H15ClN4O2S. The second-order valence-electron chi connectivity index (χ2n) is 4.41. The van der Waals surface area contributed by atoms with Crippen LogP contribution in [-0.4, -0.2) is 25.0 Å². The fraction of sp³-hybridized carbons (Fsp3) is 0.250. The highest BCUT2D eigenvalue weighted by Gasteiger charge is 2.26. The van der Waals surface area contributed by atoms with E-state index in [9.17, 15) is 8.42 Å². The number of nitrogen functional groups attached to an aromatic ring is 1. The molecular weight excluding hydrogens is 300 g/mol. The van der Waals surface area contributed by atoms with Crippen molar-refractivity contribution in [3.63, 3.8) is 0 Å². The number of imidazole rings is 1. The number of hydrogen-bond donors (Lipinski definition) is 1. The van der Waals surface area contributed by atoms with Crippen molar-refractivity contribution in [1.29, 1.82) is 0 Å². The maximum Gasteiger partial charge on any atom is 0.283 e. The van der Waals surface area contributed by atoms with Gasteiger partial charge in [0, 0.05) is 25.3 Å². The van der Waals surface area contributed by atoms with Crippen molar-refractivity contribution in [3.8, 4) is 0 Å². The number of aryl methyl sites for hydroxylation is 2. The largest absolute Gasteiger partial charge is 0.397 e. The zero-order valence-corrected chi connectivity index (χ0v) is 12.9. The lowest BCUT2D eigenvalue weighted by atomic mass is 10.3. The molecule has 20 heavy (non-hydrogen) atoms. The van der Waals surface area contributed by atoms with Crippen LogP contribution >= 0.6 is 11.6 Å². The van der Waals surface area contributed by atoms with Gasteiger partial charge in [-0.05, 0) is 25.1 Å². The van der Waals surface area contributed by atoms with Gasteiger partial charge in [0.25, 0.3) is 10.0 Å². The lowest BCUT2D eigenvalue weighted by molar-refractivity contribution is 0.591. The molecule has 0 radical (unpaired) electrons. The molecule has 0 spiro atoms. The Morgan fingerprint density at radius 3 is 2.60 bits per heavy atom. The summed E-state index contributed by atoms with van der Waals surface area (Å²) in [6.45, 7) is 1.73. The third kappa shape index (κ3) is 2.46. The number of sulfonamides is 1. The average molecular weight is 315 g/mol. The van der Waals surface area contributed by atoms with Gasteiger partial charge in [-0.1, -0.05) is 11.6 Å². The van der Waals surface area contributed by atoms with Crippen molar-refractivity contribution in [2.45, 2.75) is 11.9 Å². The van der Waals surface area contributed by atoms with Crippen LogP contribution in [0.4, 0.5) is 11.4 Å². The van der Waals surface area contributed by atoms with Crippen LogP contribution in [0.15, 0.2) is 29.4 Å². The first-order valence-corrected chi connectivity index (χ1v) is 7.59. The number of aromatic nitrogens is 2. The molecule has 8 heteroatoms. The van der Waals surface area contributed by atoms with Crippen molar-refractivity contribution in [2.24, 2.45) is 7.05 Å². The Balaban J connectivity index is 2.51. The highest BCUT2D eigenvalue weighted by atomic mass is 35.5. The van der Waals surface area contributed by atoms with Crippen molar-refractivity contribution in [1.82, 2.24) is 9.55 Å². The Bertz CT molecular complexity index is 735. The molecule has 2 aromatic rings. The fourth-order valence-corrected chi connectivity index (χ4v) is 3.11. The van der Waals surface area contributed by atoms with Gasteiger partial charge in [0.15, 0.2) is 5.03 Å². The molecule has 108 valence electrons. The average Bonchev–Trinajstić information content (AvgIpc) is 2.72. The first-order chi connectivity index (χ1) is 9.23. The molecule has 1 heterocycles. The Morgan fingerprint density at radius 1 is 1.40 bits per heavy atom. The first-order valence-electron chi connectivity index (χ1n) is 5.77. The van der Waals surface area contributed by atoms with Crippen LogP contribution < -0.4 is 10.0 Å². The summed E-state index contributed by atoms with van der Waals surface area (Å²) in [6, 6.07) is 4.67. The number of hydrogen-bond acceptors (Lipinski definition) is 4. The van der Waals surface area contributed by atoms with Crippen LogP contribution in [0.25, 0.3) is 0 Å². The zero-order chi connectivity index (χ0) is 15.1. The molecule has 0 unspecified atom stereocenters. The van der Waals surface area contributed by atoms with Crippen molar-refractivity contribution >= 4 is 33.0 Å². The van der Waals surface area contributed by atoms with E-state index in [1.165, 1.54) is 19.3 Å². The molecule has 0 saturated heterocycles. The van der Waals surface area contributed by atoms with Gasteiger partial charge in [-0.15, -0.1) is 0 Å². The van der Waals surface area contributed by atoms with Gasteiger partial charge < -0.3 is 10.3 Å². The smallest absolute Gasteiger partial charge is 0.283 e. The summed E-state index contributed by atoms with van der Waals surface area (Å²) in [5, 5.41) is 0.382. The predicted molar refractivity (Wildman–Crippen MR) is 79.4 cm³/mol. The highest BCUT2D eigenvalue weighted by Crippen LogP contribution is 2.29. The fourth-order valence-electron chi connectivity index (χ4n) is 1.71. The normalized spacial score (nSPS) is 11.6. The predicted octanol–water partition coefficient (Wildman–Crippen LogP) is 1.79. The number of anilines is 2. The molecule has 2 rings (SSSR count). The number of nitrogens with two attached hydrogens (primary N) is 1. The summed E-state index contributed by atoms with van der Waals surface area (Å²) in [7, 11) is -0.621. The number of halogens is 1. The quantitative estimate of drug-likeness (QED) is 0.876. The lowest BCUT2D eigenvalue weighted by Crippen LogP contribution is -2.27. The van der Waals surface area contributed by atoms with E-state index in [2.05, 4.69) is 4.98 Å². The number of benzene rings is 1. The Labute approximate surface area is 122 Å². The van der Waals surface area contributed by atoms with Crippen LogP contribution in [0.5, 0.6) is 0 Å². The molecule has 1 aromatic heterocycles. The Morgan fingerprint density at radius 2 is 2.05 bits per heavy atom. The zero-order valence-electron chi connectivity index (χ0n) is 11.3. The van der Waals surface area contributed by atoms with Gasteiger partial charge in [-0.25, -0.2) is 4.98 Å².